The van der Waals surface area contributed by atoms with Gasteiger partial charge in [0.05, 0.1) is 12.8 Å². The zero-order chi connectivity index (χ0) is 20.6. The number of aliphatic imine (C=N–C) groups is 1. The molecule has 0 radical (unpaired) electrons. The van der Waals surface area contributed by atoms with Crippen molar-refractivity contribution in [1.29, 1.82) is 0 Å². The number of benzene rings is 1. The normalized spacial score (nSPS) is 19.2. The maximum absolute atomic E-state index is 14.0. The molecule has 1 aromatic heterocycles. The minimum atomic E-state index is -0.813. The molecule has 0 amide bonds. The Balaban J connectivity index is 1.58. The molecule has 6 nitrogen and oxygen atoms in total. The average Bonchev–Trinajstić information content (AvgIpc) is 3.24. The van der Waals surface area contributed by atoms with Crippen molar-refractivity contribution >= 4 is 5.96 Å². The third kappa shape index (κ3) is 6.01. The number of hydrogen-bond donors (Lipinski definition) is 3. The van der Waals surface area contributed by atoms with Gasteiger partial charge in [-0.1, -0.05) is 6.07 Å². The lowest BCUT2D eigenvalue weighted by Gasteiger charge is -2.34. The molecule has 1 fully saturated rings. The average molecular weight is 406 g/mol. The van der Waals surface area contributed by atoms with E-state index >= 15 is 0 Å². The summed E-state index contributed by atoms with van der Waals surface area (Å²) in [4.78, 5) is 6.49. The fourth-order valence-corrected chi connectivity index (χ4v) is 3.49. The van der Waals surface area contributed by atoms with Crippen molar-refractivity contribution in [2.45, 2.75) is 38.5 Å². The Kier molecular flexibility index (Phi) is 7.60. The Labute approximate surface area is 169 Å². The quantitative estimate of drug-likeness (QED) is 0.487. The van der Waals surface area contributed by atoms with Crippen LogP contribution in [0.4, 0.5) is 8.78 Å². The molecular formula is C21H28F2N4O2. The number of guanidine groups is 1. The van der Waals surface area contributed by atoms with E-state index in [4.69, 9.17) is 4.42 Å². The van der Waals surface area contributed by atoms with E-state index in [1.807, 2.05) is 11.8 Å². The van der Waals surface area contributed by atoms with Crippen molar-refractivity contribution < 1.29 is 18.3 Å². The van der Waals surface area contributed by atoms with Gasteiger partial charge < -0.3 is 20.2 Å². The molecule has 29 heavy (non-hydrogen) atoms. The van der Waals surface area contributed by atoms with E-state index in [1.165, 1.54) is 24.5 Å². The number of furan rings is 1. The number of aliphatic hydroxyl groups excluding tert-OH is 1. The van der Waals surface area contributed by atoms with Crippen LogP contribution in [0.2, 0.25) is 0 Å². The topological polar surface area (TPSA) is 73.0 Å². The minimum absolute atomic E-state index is 0.0946. The van der Waals surface area contributed by atoms with E-state index in [0.29, 0.717) is 24.8 Å². The van der Waals surface area contributed by atoms with Crippen LogP contribution in [0.25, 0.3) is 0 Å². The lowest BCUT2D eigenvalue weighted by Crippen LogP contribution is -2.51. The summed E-state index contributed by atoms with van der Waals surface area (Å²) in [6.45, 7) is 4.49. The van der Waals surface area contributed by atoms with Crippen LogP contribution in [0.1, 0.15) is 37.2 Å². The van der Waals surface area contributed by atoms with Crippen molar-refractivity contribution in [3.8, 4) is 0 Å². The Morgan fingerprint density at radius 2 is 2.10 bits per heavy atom. The first kappa shape index (κ1) is 21.3. The number of aliphatic hydroxyl groups is 1. The molecular weight excluding hydrogens is 378 g/mol. The highest BCUT2D eigenvalue weighted by Gasteiger charge is 2.23. The maximum Gasteiger partial charge on any atom is 0.191 e. The Bertz CT molecular complexity index is 778. The number of likely N-dealkylation sites (tertiary alicyclic amines) is 1. The third-order valence-corrected chi connectivity index (χ3v) is 4.93. The van der Waals surface area contributed by atoms with E-state index in [-0.39, 0.29) is 24.7 Å². The molecule has 0 saturated carbocycles. The van der Waals surface area contributed by atoms with Crippen molar-refractivity contribution in [2.24, 2.45) is 4.99 Å². The lowest BCUT2D eigenvalue weighted by atomic mass is 10.0. The van der Waals surface area contributed by atoms with Gasteiger partial charge in [-0.15, -0.1) is 0 Å². The van der Waals surface area contributed by atoms with Gasteiger partial charge in [0.25, 0.3) is 0 Å². The standard InChI is InChI=1S/C21H28F2N4O2/c1-2-24-21(25-12-19(28)20-9-5-11-29-20)26-15-6-4-10-27(13-15)14-16-17(22)7-3-8-18(16)23/h3,5,7-9,11,15,19,28H,2,4,6,10,12-14H2,1H3,(H2,24,25,26). The van der Waals surface area contributed by atoms with Crippen LogP contribution in [0, 0.1) is 11.6 Å². The first-order valence-corrected chi connectivity index (χ1v) is 9.98. The molecule has 158 valence electrons. The van der Waals surface area contributed by atoms with Crippen molar-refractivity contribution in [3.05, 3.63) is 59.6 Å². The fraction of sp³-hybridized carbons (Fsp3) is 0.476. The van der Waals surface area contributed by atoms with Gasteiger partial charge >= 0.3 is 0 Å². The second-order valence-electron chi connectivity index (χ2n) is 7.17. The molecule has 1 saturated heterocycles. The third-order valence-electron chi connectivity index (χ3n) is 4.93. The molecule has 2 unspecified atom stereocenters. The first-order valence-electron chi connectivity index (χ1n) is 9.98. The van der Waals surface area contributed by atoms with Crippen LogP contribution in [-0.2, 0) is 6.54 Å². The van der Waals surface area contributed by atoms with Crippen LogP contribution in [0.3, 0.4) is 0 Å². The molecule has 3 N–H and O–H groups in total. The van der Waals surface area contributed by atoms with E-state index < -0.39 is 17.7 Å². The minimum Gasteiger partial charge on any atom is -0.467 e. The number of hydrogen-bond acceptors (Lipinski definition) is 4. The molecule has 1 aliphatic heterocycles. The number of nitrogens with one attached hydrogen (secondary N) is 2. The van der Waals surface area contributed by atoms with Gasteiger partial charge in [-0.25, -0.2) is 8.78 Å². The van der Waals surface area contributed by atoms with Gasteiger partial charge in [0.1, 0.15) is 23.5 Å². The smallest absolute Gasteiger partial charge is 0.191 e. The van der Waals surface area contributed by atoms with Crippen LogP contribution in [0.5, 0.6) is 0 Å². The van der Waals surface area contributed by atoms with Gasteiger partial charge in [0.2, 0.25) is 0 Å². The summed E-state index contributed by atoms with van der Waals surface area (Å²) in [5, 5.41) is 16.7. The van der Waals surface area contributed by atoms with Crippen LogP contribution in [-0.4, -0.2) is 48.2 Å². The molecule has 1 aliphatic rings. The second-order valence-corrected chi connectivity index (χ2v) is 7.17. The number of nitrogens with zero attached hydrogens (tertiary/aromatic N) is 2. The van der Waals surface area contributed by atoms with Crippen molar-refractivity contribution in [1.82, 2.24) is 15.5 Å². The first-order chi connectivity index (χ1) is 14.1. The zero-order valence-electron chi connectivity index (χ0n) is 16.6. The summed E-state index contributed by atoms with van der Waals surface area (Å²) in [6.07, 6.45) is 2.55. The molecule has 0 spiro atoms. The predicted molar refractivity (Wildman–Crippen MR) is 107 cm³/mol. The summed E-state index contributed by atoms with van der Waals surface area (Å²) < 4.78 is 33.1. The summed E-state index contributed by atoms with van der Waals surface area (Å²) in [7, 11) is 0. The highest BCUT2D eigenvalue weighted by Crippen LogP contribution is 2.18. The van der Waals surface area contributed by atoms with Crippen molar-refractivity contribution in [3.63, 3.8) is 0 Å². The molecule has 2 heterocycles. The van der Waals surface area contributed by atoms with E-state index in [1.54, 1.807) is 12.1 Å². The second kappa shape index (κ2) is 10.4. The van der Waals surface area contributed by atoms with Gasteiger partial charge in [-0.2, -0.15) is 0 Å². The molecule has 8 heteroatoms. The van der Waals surface area contributed by atoms with Gasteiger partial charge in [-0.3, -0.25) is 9.89 Å². The van der Waals surface area contributed by atoms with E-state index in [9.17, 15) is 13.9 Å². The summed E-state index contributed by atoms with van der Waals surface area (Å²) in [5.74, 6) is 0.0474. The van der Waals surface area contributed by atoms with Gasteiger partial charge in [0, 0.05) is 31.2 Å². The zero-order valence-corrected chi connectivity index (χ0v) is 16.6. The fourth-order valence-electron chi connectivity index (χ4n) is 3.49. The summed E-state index contributed by atoms with van der Waals surface area (Å²) >= 11 is 0. The van der Waals surface area contributed by atoms with Crippen LogP contribution in [0.15, 0.2) is 46.0 Å². The van der Waals surface area contributed by atoms with Crippen LogP contribution < -0.4 is 10.6 Å². The molecule has 0 bridgehead atoms. The highest BCUT2D eigenvalue weighted by atomic mass is 19.1. The SMILES string of the molecule is CCNC(=NCC(O)c1ccco1)NC1CCCN(Cc2c(F)cccc2F)C1. The highest BCUT2D eigenvalue weighted by molar-refractivity contribution is 5.80. The largest absolute Gasteiger partial charge is 0.467 e. The Morgan fingerprint density at radius 3 is 2.79 bits per heavy atom. The summed E-state index contributed by atoms with van der Waals surface area (Å²) in [5.41, 5.74) is 0.107. The number of rotatable bonds is 7. The van der Waals surface area contributed by atoms with E-state index in [0.717, 1.165) is 19.4 Å². The van der Waals surface area contributed by atoms with E-state index in [2.05, 4.69) is 15.6 Å². The Hall–Kier alpha value is -2.45. The maximum atomic E-state index is 14.0. The predicted octanol–water partition coefficient (Wildman–Crippen LogP) is 2.81. The van der Waals surface area contributed by atoms with Gasteiger partial charge in [-0.05, 0) is 50.6 Å². The molecule has 3 rings (SSSR count). The number of halogens is 2. The Morgan fingerprint density at radius 1 is 1.31 bits per heavy atom. The lowest BCUT2D eigenvalue weighted by molar-refractivity contribution is 0.158. The molecule has 2 aromatic rings. The number of piperidine rings is 1. The molecule has 1 aromatic carbocycles. The van der Waals surface area contributed by atoms with Gasteiger partial charge in [0.15, 0.2) is 5.96 Å². The molecule has 2 atom stereocenters. The molecule has 0 aliphatic carbocycles. The monoisotopic (exact) mass is 406 g/mol. The van der Waals surface area contributed by atoms with Crippen molar-refractivity contribution in [2.75, 3.05) is 26.2 Å². The van der Waals surface area contributed by atoms with Crippen LogP contribution >= 0.6 is 0 Å². The summed E-state index contributed by atoms with van der Waals surface area (Å²) in [6, 6.07) is 7.49.